The summed E-state index contributed by atoms with van der Waals surface area (Å²) in [5.74, 6) is -9.65. The van der Waals surface area contributed by atoms with Crippen molar-refractivity contribution in [2.24, 2.45) is 0 Å². The second kappa shape index (κ2) is 45.1. The van der Waals surface area contributed by atoms with Gasteiger partial charge in [0.2, 0.25) is 11.8 Å². The van der Waals surface area contributed by atoms with Gasteiger partial charge in [0, 0.05) is 132 Å². The summed E-state index contributed by atoms with van der Waals surface area (Å²) in [4.78, 5) is 141. The van der Waals surface area contributed by atoms with Crippen molar-refractivity contribution >= 4 is 53.6 Å². The lowest BCUT2D eigenvalue weighted by Gasteiger charge is -2.54. The predicted octanol–water partition coefficient (Wildman–Crippen LogP) is 20.4. The molecule has 0 atom stereocenters. The molecule has 5 fully saturated rings. The van der Waals surface area contributed by atoms with Gasteiger partial charge in [-0.2, -0.15) is 4.89 Å². The van der Waals surface area contributed by atoms with Crippen molar-refractivity contribution in [2.45, 2.75) is 397 Å². The number of amides is 2. The molecule has 2 amide bonds. The first-order valence-electron chi connectivity index (χ1n) is 49.6. The molecule has 0 aliphatic carbocycles. The van der Waals surface area contributed by atoms with Crippen LogP contribution in [-0.2, 0) is 79.7 Å². The van der Waals surface area contributed by atoms with Crippen molar-refractivity contribution in [1.82, 2.24) is 24.9 Å². The minimum absolute atomic E-state index is 0.0204. The fourth-order valence-corrected chi connectivity index (χ4v) is 22.7. The maximum atomic E-state index is 14.9. The number of nitrogens with zero attached hydrogens (tertiary/aromatic N) is 4. The van der Waals surface area contributed by atoms with Gasteiger partial charge in [0.25, 0.3) is 0 Å². The number of nitrogens with one attached hydrogen (secondary N) is 1. The fourth-order valence-electron chi connectivity index (χ4n) is 22.7. The van der Waals surface area contributed by atoms with Crippen molar-refractivity contribution in [1.29, 1.82) is 0 Å². The number of ether oxygens (including phenoxy) is 7. The number of piperidine rings is 5. The standard InChI is InChI=1S/C45H58N2O12.C33H47NO6.C19H29NO3.C18H27NO3/c1-15-33(48)46-41(7,8)21-31(22-42(46,9)10)56-39(54)45(58-37(52)29-17-25(3)35(50)26(4)18-29,59-38(53)30-19-27(5)36(51)28(6)20-30)40(55)57-32-23-43(11,12)47(34(49)16-2)44(13,14)24-32;1-21-14-23(3)30(36)26(16-21)10-11-29(35)38-13-12-34-32(6,7)19-28(20-33(34,8)9)40-39-25(5)18-27-17-22(2)15-24(4)31(27)37;1-12-8-14(9-13(2)16(12)21)17(22)23-15-10-18(3,4)20(7)19(5,6)11-15;1-11-7-13(8-12(2)15(11)20)16(21)22-14-9-17(3,4)19-18(5,6)10-14/h15-20,31-32,50-51H,1-2,21-24H2,3-14H3;14-17,28,36-37H,5,10-13,18-20H2,1-4,6-9H3;8-9,15,21H,10-11H2,1-7H3;7-8,14,19-20H,9-10H2,1-6H3. The lowest BCUT2D eigenvalue weighted by atomic mass is 9.78. The van der Waals surface area contributed by atoms with E-state index in [0.29, 0.717) is 65.1 Å². The Morgan fingerprint density at radius 2 is 0.660 bits per heavy atom. The Morgan fingerprint density at radius 3 is 0.993 bits per heavy atom. The molecule has 6 aromatic carbocycles. The fraction of sp³-hybridized carbons (Fsp3) is 0.557. The zero-order valence-corrected chi connectivity index (χ0v) is 91.5. The summed E-state index contributed by atoms with van der Waals surface area (Å²) in [6.07, 6.45) is 5.93. The van der Waals surface area contributed by atoms with E-state index >= 15 is 0 Å². The molecule has 5 aliphatic heterocycles. The van der Waals surface area contributed by atoms with Gasteiger partial charge in [-0.05, 0) is 370 Å². The molecule has 5 saturated heterocycles. The van der Waals surface area contributed by atoms with Crippen LogP contribution in [0.3, 0.4) is 0 Å². The molecule has 11 rings (SSSR count). The molecule has 144 heavy (non-hydrogen) atoms. The van der Waals surface area contributed by atoms with E-state index in [2.05, 4.69) is 125 Å². The summed E-state index contributed by atoms with van der Waals surface area (Å²) < 4.78 is 40.8. The largest absolute Gasteiger partial charge is 0.507 e. The second-order valence-corrected chi connectivity index (χ2v) is 46.7. The van der Waals surface area contributed by atoms with Crippen LogP contribution >= 0.6 is 0 Å². The van der Waals surface area contributed by atoms with E-state index in [1.807, 2.05) is 52.0 Å². The minimum atomic E-state index is -3.53. The number of rotatable bonds is 25. The Morgan fingerprint density at radius 1 is 0.375 bits per heavy atom. The highest BCUT2D eigenvalue weighted by atomic mass is 17.2. The number of phenols is 6. The molecule has 0 aromatic heterocycles. The molecule has 0 bridgehead atoms. The summed E-state index contributed by atoms with van der Waals surface area (Å²) in [5.41, 5.74) is 5.47. The molecule has 29 heteroatoms. The van der Waals surface area contributed by atoms with Gasteiger partial charge in [-0.1, -0.05) is 55.1 Å². The monoisotopic (exact) mass is 2000 g/mol. The Bertz CT molecular complexity index is 5520. The topological polar surface area (TPSA) is 383 Å². The zero-order valence-electron chi connectivity index (χ0n) is 91.5. The Hall–Kier alpha value is -11.8. The Balaban J connectivity index is 0.000000255. The summed E-state index contributed by atoms with van der Waals surface area (Å²) in [6, 6.07) is 19.6. The number of hydrogen-bond acceptors (Lipinski definition) is 27. The van der Waals surface area contributed by atoms with E-state index in [9.17, 15) is 73.8 Å². The number of benzene rings is 6. The second-order valence-electron chi connectivity index (χ2n) is 46.7. The Labute approximate surface area is 852 Å². The predicted molar refractivity (Wildman–Crippen MR) is 554 cm³/mol. The third-order valence-corrected chi connectivity index (χ3v) is 28.4. The van der Waals surface area contributed by atoms with Crippen LogP contribution < -0.4 is 5.32 Å². The number of carbonyl (C=O) groups is 9. The van der Waals surface area contributed by atoms with Crippen molar-refractivity contribution in [3.05, 3.63) is 211 Å². The van der Waals surface area contributed by atoms with E-state index in [1.54, 1.807) is 117 Å². The normalized spacial score (nSPS) is 18.9. The first-order chi connectivity index (χ1) is 66.0. The number of esters is 7. The van der Waals surface area contributed by atoms with Crippen molar-refractivity contribution in [3.8, 4) is 34.5 Å². The van der Waals surface area contributed by atoms with Crippen LogP contribution in [0.4, 0.5) is 0 Å². The maximum Gasteiger partial charge on any atom is 0.457 e. The molecular weight excluding hydrogens is 1840 g/mol. The molecule has 0 spiro atoms. The first kappa shape index (κ1) is 117. The maximum absolute atomic E-state index is 14.9. The third kappa shape index (κ3) is 28.9. The number of likely N-dealkylation sites (tertiary alicyclic amines) is 4. The van der Waals surface area contributed by atoms with Gasteiger partial charge < -0.3 is 83.8 Å². The molecule has 6 aromatic rings. The van der Waals surface area contributed by atoms with Crippen molar-refractivity contribution in [3.63, 3.8) is 0 Å². The summed E-state index contributed by atoms with van der Waals surface area (Å²) in [7, 11) is 2.13. The number of allylic oxidation sites excluding steroid dienone is 1. The summed E-state index contributed by atoms with van der Waals surface area (Å²) in [6.45, 7) is 73.2. The van der Waals surface area contributed by atoms with Gasteiger partial charge >= 0.3 is 47.6 Å². The highest BCUT2D eigenvalue weighted by molar-refractivity contribution is 6.08. The lowest BCUT2D eigenvalue weighted by molar-refractivity contribution is -0.315. The number of aromatic hydroxyl groups is 6. The van der Waals surface area contributed by atoms with Crippen LogP contribution in [0.2, 0.25) is 0 Å². The summed E-state index contributed by atoms with van der Waals surface area (Å²) >= 11 is 0. The minimum Gasteiger partial charge on any atom is -0.507 e. The number of hydrogen-bond donors (Lipinski definition) is 7. The number of aryl methyl sites for hydroxylation is 13. The van der Waals surface area contributed by atoms with E-state index in [0.717, 1.165) is 71.9 Å². The van der Waals surface area contributed by atoms with E-state index in [1.165, 1.54) is 64.1 Å². The van der Waals surface area contributed by atoms with Gasteiger partial charge in [-0.25, -0.2) is 28.8 Å². The van der Waals surface area contributed by atoms with Crippen LogP contribution in [0, 0.1) is 83.1 Å². The molecule has 0 unspecified atom stereocenters. The smallest absolute Gasteiger partial charge is 0.457 e. The van der Waals surface area contributed by atoms with Crippen molar-refractivity contribution in [2.75, 3.05) is 20.2 Å². The zero-order chi connectivity index (χ0) is 109. The van der Waals surface area contributed by atoms with E-state index in [4.69, 9.17) is 42.9 Å². The van der Waals surface area contributed by atoms with E-state index < -0.39 is 64.0 Å². The van der Waals surface area contributed by atoms with Crippen LogP contribution in [0.15, 0.2) is 110 Å². The average molecular weight is 2000 g/mol. The molecular formula is C115H161N5O24. The van der Waals surface area contributed by atoms with Crippen LogP contribution in [0.25, 0.3) is 0 Å². The molecule has 5 aliphatic rings. The molecule has 7 N–H and O–H groups in total. The Kier molecular flexibility index (Phi) is 36.7. The van der Waals surface area contributed by atoms with Crippen LogP contribution in [0.5, 0.6) is 34.5 Å². The van der Waals surface area contributed by atoms with Gasteiger partial charge in [0.05, 0.1) is 22.3 Å². The van der Waals surface area contributed by atoms with Crippen molar-refractivity contribution < 1.29 is 117 Å². The lowest BCUT2D eigenvalue weighted by Crippen LogP contribution is -2.65. The van der Waals surface area contributed by atoms with Gasteiger partial charge in [-0.3, -0.25) is 24.2 Å². The van der Waals surface area contributed by atoms with Gasteiger partial charge in [0.15, 0.2) is 0 Å². The summed E-state index contributed by atoms with van der Waals surface area (Å²) in [5, 5.41) is 64.8. The third-order valence-electron chi connectivity index (χ3n) is 28.4. The number of carbonyl (C=O) groups excluding carboxylic acids is 9. The molecule has 790 valence electrons. The van der Waals surface area contributed by atoms with Gasteiger partial charge in [0.1, 0.15) is 77.4 Å². The highest BCUT2D eigenvalue weighted by Gasteiger charge is 2.62. The van der Waals surface area contributed by atoms with Crippen LogP contribution in [0.1, 0.15) is 328 Å². The SMILES string of the molecule is C=C(Cc1cc(C)cc(C)c1O)OOC1CC(C)(C)N(CCOC(=O)CCc2cc(C)cc(C)c2O)C(C)(C)C1.C=CC(=O)N1C(C)(C)CC(OC(=O)C(OC(=O)c2cc(C)c(O)c(C)c2)(OC(=O)c2cc(C)c(O)c(C)c2)C(=O)OC2CC(C)(C)N(C(=O)C=C)C(C)(C)C2)CC1(C)C.Cc1cc(C(=O)OC2CC(C)(C)N(C)C(C)(C)C2)cc(C)c1O.Cc1cc(C(=O)OC2CC(C)(C)NC(C)(C)C2)cc(C)c1O. The quantitative estimate of drug-likeness (QED) is 0.00409. The highest BCUT2D eigenvalue weighted by Crippen LogP contribution is 2.47. The van der Waals surface area contributed by atoms with Gasteiger partial charge in [-0.15, -0.1) is 0 Å². The first-order valence-corrected chi connectivity index (χ1v) is 49.6. The van der Waals surface area contributed by atoms with Crippen LogP contribution in [-0.4, -0.2) is 216 Å². The average Bonchev–Trinajstić information content (AvgIpc) is 0.744. The van der Waals surface area contributed by atoms with E-state index in [-0.39, 0.29) is 181 Å². The number of phenolic OH excluding ortho intramolecular Hbond substituents is 6. The molecule has 5 heterocycles. The molecule has 0 radical (unpaired) electrons. The molecule has 29 nitrogen and oxygen atoms in total. The molecule has 0 saturated carbocycles.